The van der Waals surface area contributed by atoms with Gasteiger partial charge in [0.05, 0.1) is 0 Å². The zero-order valence-corrected chi connectivity index (χ0v) is 19.0. The van der Waals surface area contributed by atoms with Crippen LogP contribution in [0.3, 0.4) is 0 Å². The number of allylic oxidation sites excluding steroid dienone is 1. The summed E-state index contributed by atoms with van der Waals surface area (Å²) in [7, 11) is 0. The van der Waals surface area contributed by atoms with Crippen molar-refractivity contribution in [1.82, 2.24) is 14.8 Å². The Labute approximate surface area is 179 Å². The average molecular weight is 409 g/mol. The molecule has 30 heavy (non-hydrogen) atoms. The van der Waals surface area contributed by atoms with E-state index in [-0.39, 0.29) is 17.4 Å². The second-order valence-corrected chi connectivity index (χ2v) is 9.60. The zero-order chi connectivity index (χ0) is 22.3. The monoisotopic (exact) mass is 408 g/mol. The number of hydrogen-bond acceptors (Lipinski definition) is 4. The molecule has 0 radical (unpaired) electrons. The minimum atomic E-state index is -0.487. The van der Waals surface area contributed by atoms with Gasteiger partial charge in [-0.1, -0.05) is 18.2 Å². The largest absolute Gasteiger partial charge is 0.332 e. The van der Waals surface area contributed by atoms with E-state index in [1.807, 2.05) is 75.6 Å². The number of aliphatic imine (C=N–C) groups is 1. The van der Waals surface area contributed by atoms with Crippen molar-refractivity contribution in [3.05, 3.63) is 52.5 Å². The highest BCUT2D eigenvalue weighted by Gasteiger charge is 2.39. The molecular formula is C24H32N4O2. The third kappa shape index (κ3) is 3.95. The Morgan fingerprint density at radius 3 is 2.43 bits per heavy atom. The Hall–Kier alpha value is -2.76. The van der Waals surface area contributed by atoms with Crippen LogP contribution in [-0.2, 0) is 17.6 Å². The Bertz CT molecular complexity index is 950. The summed E-state index contributed by atoms with van der Waals surface area (Å²) in [4.78, 5) is 38.4. The minimum absolute atomic E-state index is 0.0177. The van der Waals surface area contributed by atoms with Gasteiger partial charge in [-0.3, -0.25) is 14.6 Å². The molecule has 2 amide bonds. The Balaban J connectivity index is 1.85. The van der Waals surface area contributed by atoms with E-state index >= 15 is 0 Å². The van der Waals surface area contributed by atoms with Crippen molar-refractivity contribution in [3.63, 3.8) is 0 Å². The number of pyridine rings is 1. The molecule has 0 atom stereocenters. The van der Waals surface area contributed by atoms with Crippen molar-refractivity contribution < 1.29 is 9.59 Å². The molecular weight excluding hydrogens is 376 g/mol. The molecule has 2 aliphatic rings. The van der Waals surface area contributed by atoms with E-state index in [1.165, 1.54) is 0 Å². The molecule has 0 saturated heterocycles. The van der Waals surface area contributed by atoms with Crippen LogP contribution in [0.2, 0.25) is 0 Å². The van der Waals surface area contributed by atoms with Crippen molar-refractivity contribution in [2.75, 3.05) is 13.1 Å². The van der Waals surface area contributed by atoms with E-state index in [0.717, 1.165) is 23.3 Å². The van der Waals surface area contributed by atoms with E-state index in [1.54, 1.807) is 0 Å². The van der Waals surface area contributed by atoms with Crippen LogP contribution in [-0.4, -0.2) is 57.5 Å². The second-order valence-electron chi connectivity index (χ2n) is 9.60. The van der Waals surface area contributed by atoms with Gasteiger partial charge in [0.1, 0.15) is 11.4 Å². The van der Waals surface area contributed by atoms with Gasteiger partial charge in [0.2, 0.25) is 0 Å². The molecule has 160 valence electrons. The Morgan fingerprint density at radius 2 is 1.83 bits per heavy atom. The molecule has 0 aromatic carbocycles. The highest BCUT2D eigenvalue weighted by Crippen LogP contribution is 2.31. The molecule has 0 spiro atoms. The third-order valence-electron chi connectivity index (χ3n) is 5.85. The number of fused-ring (bicyclic) bond motifs is 1. The summed E-state index contributed by atoms with van der Waals surface area (Å²) in [6, 6.07) is 3.99. The summed E-state index contributed by atoms with van der Waals surface area (Å²) in [6.45, 7) is 16.9. The first-order chi connectivity index (χ1) is 14.0. The SMILES string of the molecule is C=NC1=C(/C=C\C)CN(C(C)(C)Cc2ccc3c(n2)C(=O)N(C(C)(C)C)CC3)C1=O. The van der Waals surface area contributed by atoms with Crippen molar-refractivity contribution in [1.29, 1.82) is 0 Å². The predicted molar refractivity (Wildman–Crippen MR) is 120 cm³/mol. The lowest BCUT2D eigenvalue weighted by molar-refractivity contribution is -0.130. The summed E-state index contributed by atoms with van der Waals surface area (Å²) in [5, 5.41) is 0. The number of hydrogen-bond donors (Lipinski definition) is 0. The fourth-order valence-corrected chi connectivity index (χ4v) is 4.23. The summed E-state index contributed by atoms with van der Waals surface area (Å²) >= 11 is 0. The quantitative estimate of drug-likeness (QED) is 0.700. The van der Waals surface area contributed by atoms with Gasteiger partial charge in [-0.15, -0.1) is 0 Å². The topological polar surface area (TPSA) is 65.9 Å². The molecule has 0 fully saturated rings. The molecule has 1 aromatic rings. The fourth-order valence-electron chi connectivity index (χ4n) is 4.23. The van der Waals surface area contributed by atoms with E-state index in [0.29, 0.717) is 30.9 Å². The summed E-state index contributed by atoms with van der Waals surface area (Å²) < 4.78 is 0. The Morgan fingerprint density at radius 1 is 1.13 bits per heavy atom. The van der Waals surface area contributed by atoms with Crippen LogP contribution in [0.1, 0.15) is 63.3 Å². The van der Waals surface area contributed by atoms with E-state index < -0.39 is 5.54 Å². The highest BCUT2D eigenvalue weighted by atomic mass is 16.2. The molecule has 3 rings (SSSR count). The van der Waals surface area contributed by atoms with E-state index in [4.69, 9.17) is 4.98 Å². The molecule has 1 aromatic heterocycles. The van der Waals surface area contributed by atoms with Crippen molar-refractivity contribution in [3.8, 4) is 0 Å². The van der Waals surface area contributed by atoms with Gasteiger partial charge in [0.15, 0.2) is 0 Å². The molecule has 6 heteroatoms. The first-order valence-corrected chi connectivity index (χ1v) is 10.4. The van der Waals surface area contributed by atoms with Crippen LogP contribution >= 0.6 is 0 Å². The van der Waals surface area contributed by atoms with Crippen LogP contribution in [0, 0.1) is 0 Å². The molecule has 0 saturated carbocycles. The Kier molecular flexibility index (Phi) is 5.72. The van der Waals surface area contributed by atoms with Gasteiger partial charge in [-0.2, -0.15) is 0 Å². The van der Waals surface area contributed by atoms with Crippen LogP contribution in [0.5, 0.6) is 0 Å². The maximum Gasteiger partial charge on any atom is 0.273 e. The van der Waals surface area contributed by atoms with Gasteiger partial charge < -0.3 is 9.80 Å². The third-order valence-corrected chi connectivity index (χ3v) is 5.85. The van der Waals surface area contributed by atoms with Crippen LogP contribution in [0.25, 0.3) is 0 Å². The number of carbonyl (C=O) groups is 2. The van der Waals surface area contributed by atoms with E-state index in [9.17, 15) is 9.59 Å². The van der Waals surface area contributed by atoms with Crippen LogP contribution in [0.4, 0.5) is 0 Å². The lowest BCUT2D eigenvalue weighted by atomic mass is 9.93. The number of aromatic nitrogens is 1. The van der Waals surface area contributed by atoms with Gasteiger partial charge in [-0.25, -0.2) is 4.98 Å². The number of amides is 2. The van der Waals surface area contributed by atoms with Crippen LogP contribution in [0.15, 0.2) is 40.5 Å². The van der Waals surface area contributed by atoms with Gasteiger partial charge in [0, 0.05) is 41.9 Å². The second kappa shape index (κ2) is 7.82. The van der Waals surface area contributed by atoms with E-state index in [2.05, 4.69) is 11.7 Å². The molecule has 0 N–H and O–H groups in total. The molecule has 0 bridgehead atoms. The molecule has 3 heterocycles. The lowest BCUT2D eigenvalue weighted by Gasteiger charge is -2.39. The maximum atomic E-state index is 13.1. The number of rotatable bonds is 5. The standard InChI is InChI=1S/C24H32N4O2/c1-8-9-17-15-28(21(29)19(17)25-7)24(5,6)14-18-11-10-16-12-13-27(23(2,3)4)22(30)20(16)26-18/h8-11H,7,12-15H2,1-6H3/b9-8-. The highest BCUT2D eigenvalue weighted by molar-refractivity contribution is 5.98. The fraction of sp³-hybridized carbons (Fsp3) is 0.500. The minimum Gasteiger partial charge on any atom is -0.332 e. The molecule has 0 unspecified atom stereocenters. The van der Waals surface area contributed by atoms with Gasteiger partial charge >= 0.3 is 0 Å². The summed E-state index contributed by atoms with van der Waals surface area (Å²) in [6.07, 6.45) is 5.17. The first-order valence-electron chi connectivity index (χ1n) is 10.4. The molecule has 2 aliphatic heterocycles. The van der Waals surface area contributed by atoms with Gasteiger partial charge in [-0.05, 0) is 66.3 Å². The summed E-state index contributed by atoms with van der Waals surface area (Å²) in [5.74, 6) is -0.133. The first kappa shape index (κ1) is 21.9. The summed E-state index contributed by atoms with van der Waals surface area (Å²) in [5.41, 5.74) is 2.90. The van der Waals surface area contributed by atoms with Crippen LogP contribution < -0.4 is 0 Å². The number of carbonyl (C=O) groups excluding carboxylic acids is 2. The lowest BCUT2D eigenvalue weighted by Crippen LogP contribution is -2.50. The van der Waals surface area contributed by atoms with Crippen molar-refractivity contribution >= 4 is 18.5 Å². The van der Waals surface area contributed by atoms with Crippen molar-refractivity contribution in [2.45, 2.75) is 65.5 Å². The predicted octanol–water partition coefficient (Wildman–Crippen LogP) is 3.57. The maximum absolute atomic E-state index is 13.1. The van der Waals surface area contributed by atoms with Gasteiger partial charge in [0.25, 0.3) is 11.8 Å². The van der Waals surface area contributed by atoms with Crippen molar-refractivity contribution in [2.24, 2.45) is 4.99 Å². The zero-order valence-electron chi connectivity index (χ0n) is 19.0. The smallest absolute Gasteiger partial charge is 0.273 e. The molecule has 0 aliphatic carbocycles. The normalized spacial score (nSPS) is 17.9. The number of nitrogens with zero attached hydrogens (tertiary/aromatic N) is 4. The molecule has 6 nitrogen and oxygen atoms in total. The average Bonchev–Trinajstić information content (AvgIpc) is 2.97.